The minimum absolute atomic E-state index is 0.0441. The van der Waals surface area contributed by atoms with Crippen molar-refractivity contribution in [1.29, 1.82) is 0 Å². The van der Waals surface area contributed by atoms with Crippen LogP contribution in [-0.4, -0.2) is 40.0 Å². The summed E-state index contributed by atoms with van der Waals surface area (Å²) < 4.78 is 0. The molecule has 0 spiro atoms. The molecule has 7 heteroatoms. The van der Waals surface area contributed by atoms with Gasteiger partial charge in [0.05, 0.1) is 6.20 Å². The molecule has 2 aromatic rings. The van der Waals surface area contributed by atoms with Crippen LogP contribution >= 0.6 is 23.2 Å². The van der Waals surface area contributed by atoms with Gasteiger partial charge in [-0.25, -0.2) is 4.98 Å². The molecule has 2 aliphatic heterocycles. The predicted octanol–water partition coefficient (Wildman–Crippen LogP) is 3.26. The quantitative estimate of drug-likeness (QED) is 0.845. The molecule has 5 nitrogen and oxygen atoms in total. The number of aromatic nitrogens is 1. The highest BCUT2D eigenvalue weighted by molar-refractivity contribution is 6.34. The topological polar surface area (TPSA) is 65.5 Å². The SMILES string of the molecule is O=C(c1ccc(O)cn1)N1C=C2C(Cc3cc(Cl)cc(Cl)c3)NC[C@@H]2C1. The highest BCUT2D eigenvalue weighted by Gasteiger charge is 2.37. The van der Waals surface area contributed by atoms with Gasteiger partial charge in [0.15, 0.2) is 0 Å². The predicted molar refractivity (Wildman–Crippen MR) is 100 cm³/mol. The van der Waals surface area contributed by atoms with Gasteiger partial charge < -0.3 is 15.3 Å². The van der Waals surface area contributed by atoms with Gasteiger partial charge in [0, 0.05) is 41.3 Å². The first-order valence-electron chi connectivity index (χ1n) is 8.35. The molecule has 1 unspecified atom stereocenters. The summed E-state index contributed by atoms with van der Waals surface area (Å²) in [6.45, 7) is 1.47. The maximum Gasteiger partial charge on any atom is 0.276 e. The average molecular weight is 390 g/mol. The second-order valence-electron chi connectivity index (χ2n) is 6.63. The fourth-order valence-corrected chi connectivity index (χ4v) is 4.17. The molecule has 1 amide bonds. The van der Waals surface area contributed by atoms with Crippen molar-refractivity contribution in [3.63, 3.8) is 0 Å². The lowest BCUT2D eigenvalue weighted by Gasteiger charge is -2.16. The first-order chi connectivity index (χ1) is 12.5. The van der Waals surface area contributed by atoms with E-state index < -0.39 is 0 Å². The lowest BCUT2D eigenvalue weighted by molar-refractivity contribution is 0.0818. The van der Waals surface area contributed by atoms with Crippen molar-refractivity contribution in [1.82, 2.24) is 15.2 Å². The highest BCUT2D eigenvalue weighted by atomic mass is 35.5. The normalized spacial score (nSPS) is 21.6. The van der Waals surface area contributed by atoms with Crippen LogP contribution in [0.4, 0.5) is 0 Å². The number of carbonyl (C=O) groups excluding carboxylic acids is 1. The number of pyridine rings is 1. The maximum absolute atomic E-state index is 12.6. The molecule has 0 radical (unpaired) electrons. The van der Waals surface area contributed by atoms with Gasteiger partial charge in [-0.2, -0.15) is 0 Å². The first-order valence-corrected chi connectivity index (χ1v) is 9.11. The number of aromatic hydroxyl groups is 1. The van der Waals surface area contributed by atoms with E-state index in [1.165, 1.54) is 23.9 Å². The number of rotatable bonds is 3. The van der Waals surface area contributed by atoms with Crippen LogP contribution in [0.1, 0.15) is 16.1 Å². The van der Waals surface area contributed by atoms with E-state index in [-0.39, 0.29) is 17.7 Å². The van der Waals surface area contributed by atoms with Crippen molar-refractivity contribution in [2.75, 3.05) is 13.1 Å². The van der Waals surface area contributed by atoms with Crippen molar-refractivity contribution in [3.05, 3.63) is 69.6 Å². The Morgan fingerprint density at radius 2 is 2.04 bits per heavy atom. The molecular weight excluding hydrogens is 373 g/mol. The molecule has 0 aliphatic carbocycles. The monoisotopic (exact) mass is 389 g/mol. The Morgan fingerprint density at radius 1 is 1.27 bits per heavy atom. The van der Waals surface area contributed by atoms with Crippen LogP contribution in [0.25, 0.3) is 0 Å². The van der Waals surface area contributed by atoms with E-state index in [1.807, 2.05) is 18.3 Å². The summed E-state index contributed by atoms with van der Waals surface area (Å²) in [5.74, 6) is 0.190. The summed E-state index contributed by atoms with van der Waals surface area (Å²) in [7, 11) is 0. The van der Waals surface area contributed by atoms with Gasteiger partial charge in [-0.1, -0.05) is 23.2 Å². The molecule has 0 saturated carbocycles. The number of carbonyl (C=O) groups is 1. The van der Waals surface area contributed by atoms with Gasteiger partial charge in [-0.3, -0.25) is 4.79 Å². The Hall–Kier alpha value is -2.08. The number of nitrogens with zero attached hydrogens (tertiary/aromatic N) is 2. The zero-order chi connectivity index (χ0) is 18.3. The molecule has 2 N–H and O–H groups in total. The van der Waals surface area contributed by atoms with E-state index >= 15 is 0 Å². The summed E-state index contributed by atoms with van der Waals surface area (Å²) in [4.78, 5) is 18.3. The molecule has 4 rings (SSSR count). The average Bonchev–Trinajstić information content (AvgIpc) is 3.16. The lowest BCUT2D eigenvalue weighted by atomic mass is 9.96. The molecule has 2 aliphatic rings. The van der Waals surface area contributed by atoms with Gasteiger partial charge in [0.25, 0.3) is 5.91 Å². The Kier molecular flexibility index (Phi) is 4.61. The molecule has 2 atom stereocenters. The minimum atomic E-state index is -0.156. The molecule has 1 aromatic carbocycles. The zero-order valence-electron chi connectivity index (χ0n) is 13.8. The standard InChI is InChI=1S/C19H17Cl2N3O2/c20-13-3-11(4-14(21)6-13)5-18-16-10-24(9-12(16)7-22-18)19(26)17-2-1-15(25)8-23-17/h1-4,6,8,10,12,18,22,25H,5,7,9H2/t12-,18?/m1/s1. The number of amides is 1. The van der Waals surface area contributed by atoms with Crippen molar-refractivity contribution in [2.45, 2.75) is 12.5 Å². The molecule has 0 bridgehead atoms. The molecule has 1 fully saturated rings. The number of hydrogen-bond donors (Lipinski definition) is 2. The largest absolute Gasteiger partial charge is 0.506 e. The van der Waals surface area contributed by atoms with E-state index in [0.29, 0.717) is 28.2 Å². The minimum Gasteiger partial charge on any atom is -0.506 e. The molecule has 3 heterocycles. The van der Waals surface area contributed by atoms with Gasteiger partial charge >= 0.3 is 0 Å². The fourth-order valence-electron chi connectivity index (χ4n) is 3.60. The van der Waals surface area contributed by atoms with Crippen molar-refractivity contribution in [2.24, 2.45) is 5.92 Å². The van der Waals surface area contributed by atoms with Crippen LogP contribution in [0, 0.1) is 5.92 Å². The van der Waals surface area contributed by atoms with Crippen molar-refractivity contribution >= 4 is 29.1 Å². The summed E-state index contributed by atoms with van der Waals surface area (Å²) in [6.07, 6.45) is 3.98. The van der Waals surface area contributed by atoms with E-state index in [4.69, 9.17) is 23.2 Å². The summed E-state index contributed by atoms with van der Waals surface area (Å²) in [5, 5.41) is 14.1. The van der Waals surface area contributed by atoms with Crippen LogP contribution in [0.3, 0.4) is 0 Å². The highest BCUT2D eigenvalue weighted by Crippen LogP contribution is 2.32. The third-order valence-corrected chi connectivity index (χ3v) is 5.23. The Balaban J connectivity index is 1.51. The summed E-state index contributed by atoms with van der Waals surface area (Å²) >= 11 is 12.2. The zero-order valence-corrected chi connectivity index (χ0v) is 15.3. The van der Waals surface area contributed by atoms with E-state index in [1.54, 1.807) is 11.0 Å². The van der Waals surface area contributed by atoms with Gasteiger partial charge in [-0.15, -0.1) is 0 Å². The van der Waals surface area contributed by atoms with Crippen molar-refractivity contribution in [3.8, 4) is 5.75 Å². The van der Waals surface area contributed by atoms with Gasteiger partial charge in [-0.05, 0) is 47.9 Å². The van der Waals surface area contributed by atoms with Crippen molar-refractivity contribution < 1.29 is 9.90 Å². The van der Waals surface area contributed by atoms with Crippen LogP contribution in [0.2, 0.25) is 10.0 Å². The molecular formula is C19H17Cl2N3O2. The second-order valence-corrected chi connectivity index (χ2v) is 7.50. The lowest BCUT2D eigenvalue weighted by Crippen LogP contribution is -2.30. The van der Waals surface area contributed by atoms with Gasteiger partial charge in [0.1, 0.15) is 11.4 Å². The third-order valence-electron chi connectivity index (χ3n) is 4.80. The van der Waals surface area contributed by atoms with Crippen LogP contribution in [0.15, 0.2) is 48.3 Å². The summed E-state index contributed by atoms with van der Waals surface area (Å²) in [5.41, 5.74) is 2.60. The van der Waals surface area contributed by atoms with Crippen LogP contribution < -0.4 is 5.32 Å². The van der Waals surface area contributed by atoms with Gasteiger partial charge in [0.2, 0.25) is 0 Å². The smallest absolute Gasteiger partial charge is 0.276 e. The Morgan fingerprint density at radius 3 is 2.73 bits per heavy atom. The van der Waals surface area contributed by atoms with Crippen LogP contribution in [0.5, 0.6) is 5.75 Å². The maximum atomic E-state index is 12.6. The fraction of sp³-hybridized carbons (Fsp3) is 0.263. The van der Waals surface area contributed by atoms with E-state index in [9.17, 15) is 9.90 Å². The first kappa shape index (κ1) is 17.3. The summed E-state index contributed by atoms with van der Waals surface area (Å²) in [6, 6.07) is 8.71. The number of nitrogens with one attached hydrogen (secondary N) is 1. The molecule has 1 aromatic heterocycles. The Bertz CT molecular complexity index is 863. The number of fused-ring (bicyclic) bond motifs is 1. The Labute approximate surface area is 161 Å². The molecule has 26 heavy (non-hydrogen) atoms. The van der Waals surface area contributed by atoms with Crippen LogP contribution in [-0.2, 0) is 6.42 Å². The number of halogens is 2. The second kappa shape index (κ2) is 6.91. The van der Waals surface area contributed by atoms with E-state index in [0.717, 1.165) is 18.5 Å². The molecule has 134 valence electrons. The number of benzene rings is 1. The molecule has 1 saturated heterocycles. The van der Waals surface area contributed by atoms with E-state index in [2.05, 4.69) is 10.3 Å². The number of hydrogen-bond acceptors (Lipinski definition) is 4. The third kappa shape index (κ3) is 3.43.